The summed E-state index contributed by atoms with van der Waals surface area (Å²) in [6.45, 7) is 1.19. The zero-order chi connectivity index (χ0) is 20.2. The molecule has 0 atom stereocenters. The molecule has 29 heavy (non-hydrogen) atoms. The van der Waals surface area contributed by atoms with Crippen LogP contribution in [0.15, 0.2) is 48.8 Å². The van der Waals surface area contributed by atoms with Gasteiger partial charge in [0.1, 0.15) is 17.6 Å². The van der Waals surface area contributed by atoms with Gasteiger partial charge in [-0.1, -0.05) is 12.1 Å². The van der Waals surface area contributed by atoms with Crippen molar-refractivity contribution in [2.24, 2.45) is 0 Å². The van der Waals surface area contributed by atoms with E-state index in [4.69, 9.17) is 9.47 Å². The lowest BCUT2D eigenvalue weighted by molar-refractivity contribution is 0.0582. The molecule has 0 aliphatic carbocycles. The van der Waals surface area contributed by atoms with Crippen molar-refractivity contribution in [1.82, 2.24) is 19.9 Å². The number of methoxy groups -OCH3 is 1. The highest BCUT2D eigenvalue weighted by Crippen LogP contribution is 2.23. The van der Waals surface area contributed by atoms with Crippen LogP contribution in [-0.2, 0) is 0 Å². The summed E-state index contributed by atoms with van der Waals surface area (Å²) in [6.07, 6.45) is 4.76. The molecule has 0 radical (unpaired) electrons. The average molecular weight is 396 g/mol. The molecule has 150 valence electrons. The van der Waals surface area contributed by atoms with Gasteiger partial charge in [-0.25, -0.2) is 9.37 Å². The first-order chi connectivity index (χ1) is 14.1. The number of carbonyl (C=O) groups excluding carboxylic acids is 1. The Labute approximate surface area is 167 Å². The average Bonchev–Trinajstić information content (AvgIpc) is 3.25. The molecule has 1 fully saturated rings. The van der Waals surface area contributed by atoms with E-state index in [1.807, 2.05) is 0 Å². The first-order valence-electron chi connectivity index (χ1n) is 9.39. The Morgan fingerprint density at radius 3 is 2.66 bits per heavy atom. The van der Waals surface area contributed by atoms with Gasteiger partial charge < -0.3 is 19.4 Å². The van der Waals surface area contributed by atoms with E-state index in [2.05, 4.69) is 15.0 Å². The monoisotopic (exact) mass is 396 g/mol. The number of H-pyrrole nitrogens is 1. The SMILES string of the molecule is COc1nccc(OC2CCN(C(=O)c3cc(-c4ccc(F)cc4)c[nH]3)CC2)n1. The zero-order valence-corrected chi connectivity index (χ0v) is 16.0. The number of likely N-dealkylation sites (tertiary alicyclic amines) is 1. The molecule has 8 heteroatoms. The van der Waals surface area contributed by atoms with Crippen molar-refractivity contribution in [3.05, 3.63) is 60.3 Å². The number of nitrogens with one attached hydrogen (secondary N) is 1. The molecule has 3 heterocycles. The number of carbonyl (C=O) groups is 1. The van der Waals surface area contributed by atoms with E-state index in [1.54, 1.807) is 41.6 Å². The Morgan fingerprint density at radius 2 is 1.93 bits per heavy atom. The number of benzene rings is 1. The lowest BCUT2D eigenvalue weighted by Crippen LogP contribution is -2.42. The number of rotatable bonds is 5. The Kier molecular flexibility index (Phi) is 5.41. The molecular formula is C21H21FN4O3. The van der Waals surface area contributed by atoms with Crippen LogP contribution in [0.2, 0.25) is 0 Å². The zero-order valence-electron chi connectivity index (χ0n) is 16.0. The van der Waals surface area contributed by atoms with E-state index in [-0.39, 0.29) is 23.8 Å². The Bertz CT molecular complexity index is 982. The summed E-state index contributed by atoms with van der Waals surface area (Å²) in [6, 6.07) is 9.94. The van der Waals surface area contributed by atoms with E-state index >= 15 is 0 Å². The van der Waals surface area contributed by atoms with Gasteiger partial charge in [0.05, 0.1) is 7.11 Å². The Hall–Kier alpha value is -3.42. The van der Waals surface area contributed by atoms with Gasteiger partial charge in [-0.2, -0.15) is 4.98 Å². The van der Waals surface area contributed by atoms with Crippen LogP contribution in [-0.4, -0.2) is 52.1 Å². The maximum Gasteiger partial charge on any atom is 0.319 e. The fourth-order valence-corrected chi connectivity index (χ4v) is 3.33. The molecule has 1 amide bonds. The minimum absolute atomic E-state index is 0.0166. The highest BCUT2D eigenvalue weighted by molar-refractivity contribution is 5.94. The Balaban J connectivity index is 1.35. The number of piperidine rings is 1. The van der Waals surface area contributed by atoms with Gasteiger partial charge >= 0.3 is 6.01 Å². The van der Waals surface area contributed by atoms with Gasteiger partial charge in [0.25, 0.3) is 5.91 Å². The molecule has 2 aromatic heterocycles. The molecule has 3 aromatic rings. The van der Waals surface area contributed by atoms with Crippen molar-refractivity contribution >= 4 is 5.91 Å². The molecule has 7 nitrogen and oxygen atoms in total. The van der Waals surface area contributed by atoms with Crippen LogP contribution < -0.4 is 9.47 Å². The maximum absolute atomic E-state index is 13.1. The van der Waals surface area contributed by atoms with Crippen LogP contribution in [0.1, 0.15) is 23.3 Å². The molecule has 1 N–H and O–H groups in total. The number of amides is 1. The Morgan fingerprint density at radius 1 is 1.17 bits per heavy atom. The minimum Gasteiger partial charge on any atom is -0.474 e. The first-order valence-corrected chi connectivity index (χ1v) is 9.39. The van der Waals surface area contributed by atoms with E-state index < -0.39 is 0 Å². The third-order valence-electron chi connectivity index (χ3n) is 4.90. The topological polar surface area (TPSA) is 80.3 Å². The van der Waals surface area contributed by atoms with Crippen LogP contribution in [0.5, 0.6) is 11.9 Å². The summed E-state index contributed by atoms with van der Waals surface area (Å²) in [7, 11) is 1.51. The van der Waals surface area contributed by atoms with E-state index in [1.165, 1.54) is 19.2 Å². The molecule has 0 saturated carbocycles. The van der Waals surface area contributed by atoms with E-state index in [9.17, 15) is 9.18 Å². The lowest BCUT2D eigenvalue weighted by atomic mass is 10.1. The predicted molar refractivity (Wildman–Crippen MR) is 104 cm³/mol. The number of aromatic nitrogens is 3. The van der Waals surface area contributed by atoms with Gasteiger partial charge in [-0.05, 0) is 29.3 Å². The summed E-state index contributed by atoms with van der Waals surface area (Å²) in [5.74, 6) is 0.126. The van der Waals surface area contributed by atoms with Gasteiger partial charge in [0, 0.05) is 44.4 Å². The number of ether oxygens (including phenoxy) is 2. The molecule has 0 spiro atoms. The summed E-state index contributed by atoms with van der Waals surface area (Å²) >= 11 is 0. The molecule has 1 saturated heterocycles. The molecule has 1 aliphatic heterocycles. The quantitative estimate of drug-likeness (QED) is 0.716. The van der Waals surface area contributed by atoms with Gasteiger partial charge in [-0.3, -0.25) is 4.79 Å². The fourth-order valence-electron chi connectivity index (χ4n) is 3.33. The van der Waals surface area contributed by atoms with Crippen LogP contribution in [0.3, 0.4) is 0 Å². The number of nitrogens with zero attached hydrogens (tertiary/aromatic N) is 3. The highest BCUT2D eigenvalue weighted by Gasteiger charge is 2.26. The number of aromatic amines is 1. The summed E-state index contributed by atoms with van der Waals surface area (Å²) in [5.41, 5.74) is 2.22. The van der Waals surface area contributed by atoms with Crippen molar-refractivity contribution in [3.8, 4) is 23.0 Å². The minimum atomic E-state index is -0.286. The lowest BCUT2D eigenvalue weighted by Gasteiger charge is -2.31. The smallest absolute Gasteiger partial charge is 0.319 e. The second kappa shape index (κ2) is 8.30. The molecule has 0 unspecified atom stereocenters. The van der Waals surface area contributed by atoms with Crippen molar-refractivity contribution in [2.45, 2.75) is 18.9 Å². The van der Waals surface area contributed by atoms with Crippen molar-refractivity contribution in [2.75, 3.05) is 20.2 Å². The first kappa shape index (κ1) is 18.9. The number of hydrogen-bond donors (Lipinski definition) is 1. The van der Waals surface area contributed by atoms with Crippen molar-refractivity contribution in [1.29, 1.82) is 0 Å². The summed E-state index contributed by atoms with van der Waals surface area (Å²) < 4.78 is 24.0. The normalized spacial score (nSPS) is 14.6. The van der Waals surface area contributed by atoms with Crippen LogP contribution >= 0.6 is 0 Å². The standard InChI is InChI=1S/C21H21FN4O3/c1-28-21-23-9-6-19(25-21)29-17-7-10-26(11-8-17)20(27)18-12-15(13-24-18)14-2-4-16(22)5-3-14/h2-6,9,12-13,17,24H,7-8,10-11H2,1H3. The number of hydrogen-bond acceptors (Lipinski definition) is 5. The van der Waals surface area contributed by atoms with E-state index in [0.717, 1.165) is 11.1 Å². The van der Waals surface area contributed by atoms with Crippen molar-refractivity contribution in [3.63, 3.8) is 0 Å². The second-order valence-electron chi connectivity index (χ2n) is 6.80. The van der Waals surface area contributed by atoms with E-state index in [0.29, 0.717) is 37.5 Å². The van der Waals surface area contributed by atoms with Gasteiger partial charge in [-0.15, -0.1) is 0 Å². The highest BCUT2D eigenvalue weighted by atomic mass is 19.1. The summed E-state index contributed by atoms with van der Waals surface area (Å²) in [5, 5.41) is 0. The molecule has 1 aliphatic rings. The van der Waals surface area contributed by atoms with Gasteiger partial charge in [0.2, 0.25) is 5.88 Å². The van der Waals surface area contributed by atoms with Crippen LogP contribution in [0, 0.1) is 5.82 Å². The third-order valence-corrected chi connectivity index (χ3v) is 4.90. The second-order valence-corrected chi connectivity index (χ2v) is 6.80. The third kappa shape index (κ3) is 4.37. The predicted octanol–water partition coefficient (Wildman–Crippen LogP) is 3.30. The molecule has 0 bridgehead atoms. The summed E-state index contributed by atoms with van der Waals surface area (Å²) in [4.78, 5) is 25.8. The largest absolute Gasteiger partial charge is 0.474 e. The van der Waals surface area contributed by atoms with Gasteiger partial charge in [0.15, 0.2) is 0 Å². The van der Waals surface area contributed by atoms with Crippen LogP contribution in [0.25, 0.3) is 11.1 Å². The number of halogens is 1. The molecule has 4 rings (SSSR count). The van der Waals surface area contributed by atoms with Crippen molar-refractivity contribution < 1.29 is 18.7 Å². The maximum atomic E-state index is 13.1. The molecule has 1 aromatic carbocycles. The fraction of sp³-hybridized carbons (Fsp3) is 0.286. The molecular weight excluding hydrogens is 375 g/mol. The van der Waals surface area contributed by atoms with Crippen LogP contribution in [0.4, 0.5) is 4.39 Å².